The number of rotatable bonds is 3. The fourth-order valence-corrected chi connectivity index (χ4v) is 1.89. The lowest BCUT2D eigenvalue weighted by Crippen LogP contribution is -2.03. The van der Waals surface area contributed by atoms with Gasteiger partial charge in [0.2, 0.25) is 0 Å². The Morgan fingerprint density at radius 3 is 2.76 bits per heavy atom. The maximum atomic E-state index is 11.1. The van der Waals surface area contributed by atoms with Crippen LogP contribution in [0.4, 0.5) is 0 Å². The zero-order valence-electron chi connectivity index (χ0n) is 8.46. The molecule has 0 atom stereocenters. The molecular weight excluding hydrogens is 291 g/mol. The molecule has 2 rings (SSSR count). The number of hydrogen-bond donors (Lipinski definition) is 0. The van der Waals surface area contributed by atoms with E-state index in [1.165, 1.54) is 6.07 Å². The van der Waals surface area contributed by atoms with Gasteiger partial charge in [0.15, 0.2) is 5.65 Å². The Labute approximate surface area is 106 Å². The Morgan fingerprint density at radius 2 is 2.18 bits per heavy atom. The van der Waals surface area contributed by atoms with Gasteiger partial charge in [-0.3, -0.25) is 0 Å². The molecule has 0 aliphatic heterocycles. The molecule has 0 N–H and O–H groups in total. The lowest BCUT2D eigenvalue weighted by Gasteiger charge is -2.02. The normalized spacial score (nSPS) is 11.9. The van der Waals surface area contributed by atoms with E-state index in [1.54, 1.807) is 6.92 Å². The molecule has 0 aliphatic carbocycles. The minimum absolute atomic E-state index is 0.0501. The molecule has 0 unspecified atom stereocenters. The van der Waals surface area contributed by atoms with Crippen molar-refractivity contribution < 1.29 is 13.2 Å². The molecule has 10 heteroatoms. The summed E-state index contributed by atoms with van der Waals surface area (Å²) in [5.74, 6) is 0. The first-order valence-electron chi connectivity index (χ1n) is 4.42. The zero-order valence-corrected chi connectivity index (χ0v) is 10.8. The quantitative estimate of drug-likeness (QED) is 0.623. The van der Waals surface area contributed by atoms with E-state index in [-0.39, 0.29) is 16.8 Å². The topological polar surface area (TPSA) is 86.5 Å². The van der Waals surface area contributed by atoms with E-state index < -0.39 is 14.2 Å². The second-order valence-electron chi connectivity index (χ2n) is 2.90. The van der Waals surface area contributed by atoms with Crippen LogP contribution in [0.1, 0.15) is 6.92 Å². The van der Waals surface area contributed by atoms with Crippen molar-refractivity contribution in [1.82, 2.24) is 19.6 Å². The van der Waals surface area contributed by atoms with Crippen LogP contribution in [-0.2, 0) is 9.05 Å². The lowest BCUT2D eigenvalue weighted by atomic mass is 10.6. The van der Waals surface area contributed by atoms with Gasteiger partial charge in [-0.15, -0.1) is 5.10 Å². The summed E-state index contributed by atoms with van der Waals surface area (Å²) in [7, 11) is 1.13. The van der Waals surface area contributed by atoms with E-state index in [9.17, 15) is 8.42 Å². The summed E-state index contributed by atoms with van der Waals surface area (Å²) in [6, 6.07) is 1.40. The molecule has 17 heavy (non-hydrogen) atoms. The van der Waals surface area contributed by atoms with Crippen LogP contribution in [0.15, 0.2) is 11.2 Å². The van der Waals surface area contributed by atoms with Gasteiger partial charge in [0, 0.05) is 16.7 Å². The van der Waals surface area contributed by atoms with Crippen LogP contribution in [0.5, 0.6) is 6.01 Å². The van der Waals surface area contributed by atoms with E-state index in [2.05, 4.69) is 15.1 Å². The van der Waals surface area contributed by atoms with Crippen molar-refractivity contribution in [2.24, 2.45) is 0 Å². The standard InChI is InChI=1S/C7H6Cl2N4O3S/c1-2-16-7-10-4(8)3-5-11-6(12-13(5)7)17(9,14)15/h3H,2H2,1H3. The average molecular weight is 297 g/mol. The second-order valence-corrected chi connectivity index (χ2v) is 5.74. The van der Waals surface area contributed by atoms with Crippen molar-refractivity contribution in [2.45, 2.75) is 12.1 Å². The number of ether oxygens (including phenoxy) is 1. The minimum atomic E-state index is -4.01. The first-order chi connectivity index (χ1) is 7.91. The van der Waals surface area contributed by atoms with Crippen molar-refractivity contribution >= 4 is 37.0 Å². The summed E-state index contributed by atoms with van der Waals surface area (Å²) in [6.07, 6.45) is 0. The number of hydrogen-bond acceptors (Lipinski definition) is 6. The van der Waals surface area contributed by atoms with Gasteiger partial charge in [-0.1, -0.05) is 11.6 Å². The fraction of sp³-hybridized carbons (Fsp3) is 0.286. The number of nitrogens with zero attached hydrogens (tertiary/aromatic N) is 4. The SMILES string of the molecule is CCOc1nc(Cl)cc2nc(S(=O)(=O)Cl)nn12. The summed E-state index contributed by atoms with van der Waals surface area (Å²) in [5.41, 5.74) is 0.188. The van der Waals surface area contributed by atoms with Crippen molar-refractivity contribution in [2.75, 3.05) is 6.61 Å². The number of fused-ring (bicyclic) bond motifs is 1. The predicted octanol–water partition coefficient (Wildman–Crippen LogP) is 1.10. The molecular formula is C7H6Cl2N4O3S. The highest BCUT2D eigenvalue weighted by molar-refractivity contribution is 8.13. The van der Waals surface area contributed by atoms with Gasteiger partial charge in [-0.25, -0.2) is 8.42 Å². The van der Waals surface area contributed by atoms with Gasteiger partial charge in [0.05, 0.1) is 6.61 Å². The molecule has 0 bridgehead atoms. The molecule has 2 aromatic rings. The Kier molecular flexibility index (Phi) is 3.11. The Balaban J connectivity index is 2.71. The smallest absolute Gasteiger partial charge is 0.321 e. The molecule has 7 nitrogen and oxygen atoms in total. The predicted molar refractivity (Wildman–Crippen MR) is 60.0 cm³/mol. The van der Waals surface area contributed by atoms with E-state index >= 15 is 0 Å². The van der Waals surface area contributed by atoms with Crippen LogP contribution in [0, 0.1) is 0 Å². The van der Waals surface area contributed by atoms with Crippen LogP contribution in [0.2, 0.25) is 5.15 Å². The van der Waals surface area contributed by atoms with Crippen molar-refractivity contribution in [3.8, 4) is 6.01 Å². The minimum Gasteiger partial charge on any atom is -0.464 e. The van der Waals surface area contributed by atoms with Crippen molar-refractivity contribution in [3.05, 3.63) is 11.2 Å². The van der Waals surface area contributed by atoms with E-state index in [0.717, 1.165) is 4.52 Å². The third-order valence-corrected chi connectivity index (χ3v) is 2.95. The first-order valence-corrected chi connectivity index (χ1v) is 7.11. The fourth-order valence-electron chi connectivity index (χ4n) is 1.14. The Bertz CT molecular complexity index is 669. The molecule has 2 aromatic heterocycles. The van der Waals surface area contributed by atoms with Gasteiger partial charge in [0.25, 0.3) is 14.2 Å². The van der Waals surface area contributed by atoms with Gasteiger partial charge >= 0.3 is 6.01 Å². The third kappa shape index (κ3) is 2.43. The summed E-state index contributed by atoms with van der Waals surface area (Å²) in [5, 5.41) is 3.28. The zero-order chi connectivity index (χ0) is 12.6. The molecule has 92 valence electrons. The average Bonchev–Trinajstić information content (AvgIpc) is 2.61. The molecule has 0 saturated heterocycles. The lowest BCUT2D eigenvalue weighted by molar-refractivity contribution is 0.302. The summed E-state index contributed by atoms with van der Waals surface area (Å²) in [4.78, 5) is 7.57. The van der Waals surface area contributed by atoms with Crippen LogP contribution < -0.4 is 4.74 Å². The van der Waals surface area contributed by atoms with E-state index in [1.807, 2.05) is 0 Å². The Morgan fingerprint density at radius 1 is 1.47 bits per heavy atom. The molecule has 0 radical (unpaired) electrons. The summed E-state index contributed by atoms with van der Waals surface area (Å²) < 4.78 is 28.4. The Hall–Kier alpha value is -1.12. The third-order valence-electron chi connectivity index (χ3n) is 1.74. The highest BCUT2D eigenvalue weighted by Gasteiger charge is 2.19. The molecule has 0 aliphatic rings. The molecule has 2 heterocycles. The van der Waals surface area contributed by atoms with Crippen LogP contribution in [0.25, 0.3) is 5.65 Å². The van der Waals surface area contributed by atoms with Crippen LogP contribution in [0.3, 0.4) is 0 Å². The van der Waals surface area contributed by atoms with Crippen molar-refractivity contribution in [1.29, 1.82) is 0 Å². The number of aromatic nitrogens is 4. The first kappa shape index (κ1) is 12.3. The van der Waals surface area contributed by atoms with Crippen LogP contribution in [-0.4, -0.2) is 34.6 Å². The number of halogens is 2. The van der Waals surface area contributed by atoms with Crippen LogP contribution >= 0.6 is 22.3 Å². The molecule has 0 saturated carbocycles. The molecule has 0 aromatic carbocycles. The largest absolute Gasteiger partial charge is 0.464 e. The molecule has 0 spiro atoms. The van der Waals surface area contributed by atoms with E-state index in [4.69, 9.17) is 27.0 Å². The summed E-state index contributed by atoms with van der Waals surface area (Å²) in [6.45, 7) is 2.07. The van der Waals surface area contributed by atoms with Gasteiger partial charge < -0.3 is 4.74 Å². The monoisotopic (exact) mass is 296 g/mol. The van der Waals surface area contributed by atoms with Gasteiger partial charge in [-0.2, -0.15) is 14.5 Å². The molecule has 0 amide bonds. The maximum absolute atomic E-state index is 11.1. The maximum Gasteiger partial charge on any atom is 0.321 e. The highest BCUT2D eigenvalue weighted by Crippen LogP contribution is 2.18. The van der Waals surface area contributed by atoms with Gasteiger partial charge in [-0.05, 0) is 6.92 Å². The highest BCUT2D eigenvalue weighted by atomic mass is 35.7. The van der Waals surface area contributed by atoms with Crippen molar-refractivity contribution in [3.63, 3.8) is 0 Å². The second kappa shape index (κ2) is 4.28. The van der Waals surface area contributed by atoms with E-state index in [0.29, 0.717) is 6.61 Å². The molecule has 0 fully saturated rings. The van der Waals surface area contributed by atoms with Gasteiger partial charge in [0.1, 0.15) is 5.15 Å². The summed E-state index contributed by atoms with van der Waals surface area (Å²) >= 11 is 5.73.